The Labute approximate surface area is 115 Å². The summed E-state index contributed by atoms with van der Waals surface area (Å²) < 4.78 is 8.02. The van der Waals surface area contributed by atoms with Crippen molar-refractivity contribution in [3.8, 4) is 0 Å². The van der Waals surface area contributed by atoms with E-state index in [4.69, 9.17) is 10.5 Å². The predicted molar refractivity (Wildman–Crippen MR) is 76.9 cm³/mol. The fraction of sp³-hybridized carbons (Fsp3) is 0.429. The molecule has 1 aromatic heterocycles. The van der Waals surface area contributed by atoms with Gasteiger partial charge in [-0.05, 0) is 25.1 Å². The second kappa shape index (κ2) is 4.79. The Kier molecular flexibility index (Phi) is 3.10. The third-order valence-corrected chi connectivity index (χ3v) is 3.71. The van der Waals surface area contributed by atoms with E-state index in [1.165, 1.54) is 4.57 Å². The normalized spacial score (nSPS) is 15.4. The molecule has 2 N–H and O–H groups in total. The van der Waals surface area contributed by atoms with Crippen molar-refractivity contribution in [3.63, 3.8) is 0 Å². The molecular weight excluding hydrogens is 258 g/mol. The maximum atomic E-state index is 12.5. The molecule has 6 nitrogen and oxygen atoms in total. The number of aromatic nitrogens is 2. The van der Waals surface area contributed by atoms with Gasteiger partial charge in [0.05, 0.1) is 24.1 Å². The molecule has 1 aromatic carbocycles. The highest BCUT2D eigenvalue weighted by atomic mass is 16.5. The molecule has 1 fully saturated rings. The lowest BCUT2D eigenvalue weighted by Gasteiger charge is -2.26. The zero-order valence-electron chi connectivity index (χ0n) is 11.3. The van der Waals surface area contributed by atoms with Gasteiger partial charge in [-0.1, -0.05) is 0 Å². The molecule has 106 valence electrons. The SMILES string of the molecule is CCn1c(=O)n(CC2COC2)c(=O)c2cc(N)ccc21. The third-order valence-electron chi connectivity index (χ3n) is 3.71. The summed E-state index contributed by atoms with van der Waals surface area (Å²) in [5.74, 6) is 0.240. The molecule has 0 bridgehead atoms. The van der Waals surface area contributed by atoms with Crippen molar-refractivity contribution in [1.29, 1.82) is 0 Å². The van der Waals surface area contributed by atoms with E-state index in [1.54, 1.807) is 22.8 Å². The van der Waals surface area contributed by atoms with Crippen molar-refractivity contribution in [2.75, 3.05) is 18.9 Å². The van der Waals surface area contributed by atoms with Crippen LogP contribution in [0.4, 0.5) is 5.69 Å². The van der Waals surface area contributed by atoms with E-state index >= 15 is 0 Å². The van der Waals surface area contributed by atoms with Gasteiger partial charge in [-0.3, -0.25) is 13.9 Å². The van der Waals surface area contributed by atoms with Crippen LogP contribution in [0.3, 0.4) is 0 Å². The maximum absolute atomic E-state index is 12.5. The molecule has 1 aliphatic rings. The molecule has 6 heteroatoms. The van der Waals surface area contributed by atoms with Crippen molar-refractivity contribution >= 4 is 16.6 Å². The molecule has 0 radical (unpaired) electrons. The first-order chi connectivity index (χ1) is 9.61. The van der Waals surface area contributed by atoms with Crippen molar-refractivity contribution in [3.05, 3.63) is 39.0 Å². The summed E-state index contributed by atoms with van der Waals surface area (Å²) in [6.45, 7) is 4.02. The van der Waals surface area contributed by atoms with Crippen molar-refractivity contribution in [2.24, 2.45) is 5.92 Å². The van der Waals surface area contributed by atoms with Crippen LogP contribution in [0.5, 0.6) is 0 Å². The Hall–Kier alpha value is -2.08. The van der Waals surface area contributed by atoms with Crippen LogP contribution in [0.15, 0.2) is 27.8 Å². The summed E-state index contributed by atoms with van der Waals surface area (Å²) in [7, 11) is 0. The Balaban J connectivity index is 2.28. The fourth-order valence-electron chi connectivity index (χ4n) is 2.56. The van der Waals surface area contributed by atoms with Gasteiger partial charge in [0.15, 0.2) is 0 Å². The molecule has 0 amide bonds. The summed E-state index contributed by atoms with van der Waals surface area (Å²) in [6, 6.07) is 5.07. The Morgan fingerprint density at radius 1 is 1.30 bits per heavy atom. The summed E-state index contributed by atoms with van der Waals surface area (Å²) >= 11 is 0. The van der Waals surface area contributed by atoms with Gasteiger partial charge >= 0.3 is 5.69 Å². The number of hydrogen-bond acceptors (Lipinski definition) is 4. The van der Waals surface area contributed by atoms with Crippen LogP contribution in [0.1, 0.15) is 6.92 Å². The molecule has 0 unspecified atom stereocenters. The topological polar surface area (TPSA) is 79.2 Å². The van der Waals surface area contributed by atoms with E-state index in [2.05, 4.69) is 0 Å². The Morgan fingerprint density at radius 3 is 2.65 bits per heavy atom. The zero-order valence-corrected chi connectivity index (χ0v) is 11.3. The quantitative estimate of drug-likeness (QED) is 0.823. The van der Waals surface area contributed by atoms with E-state index in [-0.39, 0.29) is 17.2 Å². The summed E-state index contributed by atoms with van der Waals surface area (Å²) in [6.07, 6.45) is 0. The number of rotatable bonds is 3. The molecular formula is C14H17N3O3. The second-order valence-electron chi connectivity index (χ2n) is 5.12. The van der Waals surface area contributed by atoms with Gasteiger partial charge in [-0.2, -0.15) is 0 Å². The van der Waals surface area contributed by atoms with Gasteiger partial charge in [0.25, 0.3) is 5.56 Å². The van der Waals surface area contributed by atoms with Gasteiger partial charge in [0, 0.05) is 24.7 Å². The first-order valence-corrected chi connectivity index (χ1v) is 6.72. The first-order valence-electron chi connectivity index (χ1n) is 6.72. The highest BCUT2D eigenvalue weighted by Crippen LogP contribution is 2.14. The number of aryl methyl sites for hydroxylation is 1. The molecule has 20 heavy (non-hydrogen) atoms. The molecule has 0 aliphatic carbocycles. The molecule has 2 heterocycles. The molecule has 2 aromatic rings. The van der Waals surface area contributed by atoms with E-state index < -0.39 is 0 Å². The van der Waals surface area contributed by atoms with Gasteiger partial charge in [0.1, 0.15) is 0 Å². The Morgan fingerprint density at radius 2 is 2.05 bits per heavy atom. The number of anilines is 1. The molecule has 3 rings (SSSR count). The largest absolute Gasteiger partial charge is 0.399 e. The van der Waals surface area contributed by atoms with Crippen LogP contribution in [-0.4, -0.2) is 22.3 Å². The zero-order chi connectivity index (χ0) is 14.3. The van der Waals surface area contributed by atoms with E-state index in [0.717, 1.165) is 0 Å². The number of benzene rings is 1. The lowest BCUT2D eigenvalue weighted by Crippen LogP contribution is -2.44. The lowest BCUT2D eigenvalue weighted by atomic mass is 10.1. The summed E-state index contributed by atoms with van der Waals surface area (Å²) in [5.41, 5.74) is 6.38. The maximum Gasteiger partial charge on any atom is 0.331 e. The third kappa shape index (κ3) is 1.92. The Bertz CT molecular complexity index is 772. The van der Waals surface area contributed by atoms with Gasteiger partial charge in [-0.15, -0.1) is 0 Å². The van der Waals surface area contributed by atoms with Crippen LogP contribution >= 0.6 is 0 Å². The molecule has 1 saturated heterocycles. The smallest absolute Gasteiger partial charge is 0.331 e. The minimum atomic E-state index is -0.270. The number of hydrogen-bond donors (Lipinski definition) is 1. The summed E-state index contributed by atoms with van der Waals surface area (Å²) in [4.78, 5) is 24.9. The van der Waals surface area contributed by atoms with Crippen molar-refractivity contribution in [1.82, 2.24) is 9.13 Å². The number of fused-ring (bicyclic) bond motifs is 1. The van der Waals surface area contributed by atoms with Crippen LogP contribution in [0, 0.1) is 5.92 Å². The van der Waals surface area contributed by atoms with Crippen LogP contribution in [0.25, 0.3) is 10.9 Å². The van der Waals surface area contributed by atoms with Crippen LogP contribution in [-0.2, 0) is 17.8 Å². The molecule has 1 aliphatic heterocycles. The monoisotopic (exact) mass is 275 g/mol. The average Bonchev–Trinajstić information content (AvgIpc) is 2.38. The number of nitrogens with two attached hydrogens (primary N) is 1. The molecule has 0 saturated carbocycles. The number of nitrogen functional groups attached to an aromatic ring is 1. The first kappa shape index (κ1) is 12.9. The minimum Gasteiger partial charge on any atom is -0.399 e. The van der Waals surface area contributed by atoms with Gasteiger partial charge in [0.2, 0.25) is 0 Å². The number of ether oxygens (including phenoxy) is 1. The lowest BCUT2D eigenvalue weighted by molar-refractivity contribution is -0.0403. The van der Waals surface area contributed by atoms with E-state index in [9.17, 15) is 9.59 Å². The fourth-order valence-corrected chi connectivity index (χ4v) is 2.56. The standard InChI is InChI=1S/C14H17N3O3/c1-2-16-12-4-3-10(15)5-11(12)13(18)17(14(16)19)6-9-7-20-8-9/h3-5,9H,2,6-8,15H2,1H3. The van der Waals surface area contributed by atoms with Crippen molar-refractivity contribution in [2.45, 2.75) is 20.0 Å². The van der Waals surface area contributed by atoms with Crippen LogP contribution in [0.2, 0.25) is 0 Å². The molecule has 0 atom stereocenters. The van der Waals surface area contributed by atoms with E-state index in [1.807, 2.05) is 6.92 Å². The minimum absolute atomic E-state index is 0.240. The predicted octanol–water partition coefficient (Wildman–Crippen LogP) is 0.412. The van der Waals surface area contributed by atoms with Gasteiger partial charge < -0.3 is 10.5 Å². The highest BCUT2D eigenvalue weighted by molar-refractivity contribution is 5.81. The van der Waals surface area contributed by atoms with Crippen LogP contribution < -0.4 is 17.0 Å². The van der Waals surface area contributed by atoms with Crippen molar-refractivity contribution < 1.29 is 4.74 Å². The number of nitrogens with zero attached hydrogens (tertiary/aromatic N) is 2. The molecule has 0 spiro atoms. The van der Waals surface area contributed by atoms with Gasteiger partial charge in [-0.25, -0.2) is 4.79 Å². The summed E-state index contributed by atoms with van der Waals surface area (Å²) in [5, 5.41) is 0.492. The average molecular weight is 275 g/mol. The van der Waals surface area contributed by atoms with E-state index in [0.29, 0.717) is 42.9 Å². The highest BCUT2D eigenvalue weighted by Gasteiger charge is 2.22. The second-order valence-corrected chi connectivity index (χ2v) is 5.12.